The maximum Gasteiger partial charge on any atom is 0.176 e. The van der Waals surface area contributed by atoms with Gasteiger partial charge in [-0.1, -0.05) is 35.2 Å². The summed E-state index contributed by atoms with van der Waals surface area (Å²) >= 11 is 2.71. The summed E-state index contributed by atoms with van der Waals surface area (Å²) in [5, 5.41) is 8.59. The zero-order chi connectivity index (χ0) is 12.3. The van der Waals surface area contributed by atoms with Crippen LogP contribution in [0.25, 0.3) is 0 Å². The van der Waals surface area contributed by atoms with Crippen LogP contribution in [-0.2, 0) is 0 Å². The molecule has 0 fully saturated rings. The Kier molecular flexibility index (Phi) is 3.86. The van der Waals surface area contributed by atoms with Gasteiger partial charge in [0.1, 0.15) is 10.8 Å². The molecule has 1 aromatic heterocycles. The van der Waals surface area contributed by atoms with Crippen LogP contribution in [0, 0.1) is 12.7 Å². The molecule has 2 aromatic rings. The van der Waals surface area contributed by atoms with Gasteiger partial charge in [0.25, 0.3) is 0 Å². The van der Waals surface area contributed by atoms with E-state index in [9.17, 15) is 9.18 Å². The standard InChI is InChI=1S/C11H9FN2OS2/c1-7-13-14-11(17-7)16-6-10(15)8-4-2-3-5-9(8)12/h2-5H,6H2,1H3. The van der Waals surface area contributed by atoms with Gasteiger partial charge in [0.15, 0.2) is 10.1 Å². The molecule has 88 valence electrons. The molecule has 0 bridgehead atoms. The van der Waals surface area contributed by atoms with Gasteiger partial charge in [0.05, 0.1) is 11.3 Å². The summed E-state index contributed by atoms with van der Waals surface area (Å²) in [4.78, 5) is 11.7. The molecule has 0 amide bonds. The first-order chi connectivity index (χ1) is 8.16. The Labute approximate surface area is 106 Å². The van der Waals surface area contributed by atoms with E-state index in [-0.39, 0.29) is 17.1 Å². The van der Waals surface area contributed by atoms with Crippen molar-refractivity contribution in [3.05, 3.63) is 40.7 Å². The molecule has 17 heavy (non-hydrogen) atoms. The topological polar surface area (TPSA) is 42.9 Å². The van der Waals surface area contributed by atoms with Crippen LogP contribution in [0.15, 0.2) is 28.6 Å². The van der Waals surface area contributed by atoms with Gasteiger partial charge >= 0.3 is 0 Å². The van der Waals surface area contributed by atoms with E-state index < -0.39 is 5.82 Å². The van der Waals surface area contributed by atoms with Crippen LogP contribution < -0.4 is 0 Å². The number of aryl methyl sites for hydroxylation is 1. The molecule has 0 aliphatic carbocycles. The highest BCUT2D eigenvalue weighted by molar-refractivity contribution is 8.01. The quantitative estimate of drug-likeness (QED) is 0.631. The lowest BCUT2D eigenvalue weighted by Crippen LogP contribution is -2.04. The summed E-state index contributed by atoms with van der Waals surface area (Å²) in [6.07, 6.45) is 0. The number of rotatable bonds is 4. The van der Waals surface area contributed by atoms with Crippen molar-refractivity contribution in [1.29, 1.82) is 0 Å². The minimum atomic E-state index is -0.480. The first kappa shape index (κ1) is 12.2. The second kappa shape index (κ2) is 5.37. The first-order valence-electron chi connectivity index (χ1n) is 4.87. The zero-order valence-corrected chi connectivity index (χ0v) is 10.6. The maximum absolute atomic E-state index is 13.3. The van der Waals surface area contributed by atoms with E-state index in [1.165, 1.54) is 35.2 Å². The van der Waals surface area contributed by atoms with Gasteiger partial charge in [-0.05, 0) is 19.1 Å². The highest BCUT2D eigenvalue weighted by atomic mass is 32.2. The third-order valence-corrected chi connectivity index (χ3v) is 3.98. The molecule has 0 radical (unpaired) electrons. The summed E-state index contributed by atoms with van der Waals surface area (Å²) < 4.78 is 14.0. The number of carbonyl (C=O) groups excluding carboxylic acids is 1. The number of aromatic nitrogens is 2. The molecule has 0 spiro atoms. The van der Waals surface area contributed by atoms with Gasteiger partial charge in [-0.2, -0.15) is 0 Å². The predicted molar refractivity (Wildman–Crippen MR) is 66.1 cm³/mol. The van der Waals surface area contributed by atoms with Crippen molar-refractivity contribution in [2.24, 2.45) is 0 Å². The molecule has 0 atom stereocenters. The Morgan fingerprint density at radius 1 is 1.41 bits per heavy atom. The summed E-state index contributed by atoms with van der Waals surface area (Å²) in [6.45, 7) is 1.85. The molecule has 6 heteroatoms. The summed E-state index contributed by atoms with van der Waals surface area (Å²) in [5.74, 6) is -0.539. The number of nitrogens with zero attached hydrogens (tertiary/aromatic N) is 2. The van der Waals surface area contributed by atoms with Crippen LogP contribution in [0.4, 0.5) is 4.39 Å². The van der Waals surface area contributed by atoms with E-state index in [1.807, 2.05) is 6.92 Å². The predicted octanol–water partition coefficient (Wildman–Crippen LogP) is 2.96. The maximum atomic E-state index is 13.3. The van der Waals surface area contributed by atoms with Crippen molar-refractivity contribution in [2.45, 2.75) is 11.3 Å². The van der Waals surface area contributed by atoms with E-state index in [1.54, 1.807) is 12.1 Å². The zero-order valence-electron chi connectivity index (χ0n) is 9.01. The lowest BCUT2D eigenvalue weighted by Gasteiger charge is -2.00. The van der Waals surface area contributed by atoms with Crippen LogP contribution in [0.1, 0.15) is 15.4 Å². The largest absolute Gasteiger partial charge is 0.293 e. The lowest BCUT2D eigenvalue weighted by atomic mass is 10.1. The van der Waals surface area contributed by atoms with Crippen LogP contribution in [0.2, 0.25) is 0 Å². The number of thioether (sulfide) groups is 1. The molecular formula is C11H9FN2OS2. The van der Waals surface area contributed by atoms with Gasteiger partial charge in [-0.15, -0.1) is 10.2 Å². The third-order valence-electron chi connectivity index (χ3n) is 2.01. The van der Waals surface area contributed by atoms with E-state index in [2.05, 4.69) is 10.2 Å². The average molecular weight is 268 g/mol. The Morgan fingerprint density at radius 2 is 2.18 bits per heavy atom. The van der Waals surface area contributed by atoms with Crippen LogP contribution in [0.5, 0.6) is 0 Å². The smallest absolute Gasteiger partial charge is 0.176 e. The van der Waals surface area contributed by atoms with Gasteiger partial charge in [0, 0.05) is 0 Å². The number of carbonyl (C=O) groups is 1. The molecule has 0 aliphatic heterocycles. The molecule has 1 aromatic carbocycles. The summed E-state index contributed by atoms with van der Waals surface area (Å²) in [7, 11) is 0. The van der Waals surface area contributed by atoms with Crippen molar-refractivity contribution >= 4 is 28.9 Å². The van der Waals surface area contributed by atoms with Gasteiger partial charge < -0.3 is 0 Å². The summed E-state index contributed by atoms with van der Waals surface area (Å²) in [6, 6.07) is 5.99. The first-order valence-corrected chi connectivity index (χ1v) is 6.67. The van der Waals surface area contributed by atoms with Gasteiger partial charge in [-0.3, -0.25) is 4.79 Å². The molecule has 2 rings (SSSR count). The highest BCUT2D eigenvalue weighted by Crippen LogP contribution is 2.23. The number of halogens is 1. The fraction of sp³-hybridized carbons (Fsp3) is 0.182. The Balaban J connectivity index is 2.01. The van der Waals surface area contributed by atoms with Crippen molar-refractivity contribution in [3.8, 4) is 0 Å². The van der Waals surface area contributed by atoms with Gasteiger partial charge in [0.2, 0.25) is 0 Å². The fourth-order valence-electron chi connectivity index (χ4n) is 1.23. The Morgan fingerprint density at radius 3 is 2.82 bits per heavy atom. The molecule has 0 N–H and O–H groups in total. The van der Waals surface area contributed by atoms with Crippen molar-refractivity contribution in [3.63, 3.8) is 0 Å². The molecule has 0 saturated carbocycles. The summed E-state index contributed by atoms with van der Waals surface area (Å²) in [5.41, 5.74) is 0.126. The molecular weight excluding hydrogens is 259 g/mol. The number of benzene rings is 1. The molecule has 0 saturated heterocycles. The molecule has 0 aliphatic rings. The Hall–Kier alpha value is -1.27. The van der Waals surface area contributed by atoms with Crippen molar-refractivity contribution in [1.82, 2.24) is 10.2 Å². The number of hydrogen-bond acceptors (Lipinski definition) is 5. The minimum Gasteiger partial charge on any atom is -0.293 e. The number of Topliss-reactive ketones (excluding diaryl/α,β-unsaturated/α-hetero) is 1. The van der Waals surface area contributed by atoms with Gasteiger partial charge in [-0.25, -0.2) is 4.39 Å². The van der Waals surface area contributed by atoms with E-state index in [0.717, 1.165) is 9.35 Å². The number of hydrogen-bond donors (Lipinski definition) is 0. The minimum absolute atomic E-state index is 0.126. The SMILES string of the molecule is Cc1nnc(SCC(=O)c2ccccc2F)s1. The van der Waals surface area contributed by atoms with Crippen LogP contribution >= 0.6 is 23.1 Å². The van der Waals surface area contributed by atoms with Crippen LogP contribution in [0.3, 0.4) is 0 Å². The van der Waals surface area contributed by atoms with E-state index >= 15 is 0 Å². The second-order valence-electron chi connectivity index (χ2n) is 3.28. The average Bonchev–Trinajstić information content (AvgIpc) is 2.73. The molecule has 1 heterocycles. The lowest BCUT2D eigenvalue weighted by molar-refractivity contribution is 0.101. The third kappa shape index (κ3) is 3.10. The van der Waals surface area contributed by atoms with E-state index in [0.29, 0.717) is 0 Å². The molecule has 0 unspecified atom stereocenters. The molecule has 3 nitrogen and oxygen atoms in total. The van der Waals surface area contributed by atoms with Crippen LogP contribution in [-0.4, -0.2) is 21.7 Å². The Bertz CT molecular complexity index is 542. The normalized spacial score (nSPS) is 10.5. The monoisotopic (exact) mass is 268 g/mol. The second-order valence-corrected chi connectivity index (χ2v) is 5.68. The van der Waals surface area contributed by atoms with Crippen molar-refractivity contribution in [2.75, 3.05) is 5.75 Å². The number of ketones is 1. The fourth-order valence-corrected chi connectivity index (χ4v) is 2.93. The van der Waals surface area contributed by atoms with E-state index in [4.69, 9.17) is 0 Å². The highest BCUT2D eigenvalue weighted by Gasteiger charge is 2.12. The van der Waals surface area contributed by atoms with Crippen molar-refractivity contribution < 1.29 is 9.18 Å².